The van der Waals surface area contributed by atoms with Gasteiger partial charge < -0.3 is 20.1 Å². The number of hydrogen-bond acceptors (Lipinski definition) is 5. The Kier molecular flexibility index (Phi) is 4.77. The first-order chi connectivity index (χ1) is 15.1. The highest BCUT2D eigenvalue weighted by Gasteiger charge is 2.53. The van der Waals surface area contributed by atoms with E-state index in [9.17, 15) is 14.4 Å². The minimum Gasteiger partial charge on any atom is -0.486 e. The Hall–Kier alpha value is -3.55. The molecule has 3 aliphatic rings. The minimum absolute atomic E-state index is 0.358. The van der Waals surface area contributed by atoms with E-state index in [4.69, 9.17) is 9.47 Å². The molecule has 31 heavy (non-hydrogen) atoms. The highest BCUT2D eigenvalue weighted by Crippen LogP contribution is 2.39. The standard InChI is InChI=1S/C23H23N3O5/c27-20(24-16-8-9-18-19(13-16)31-12-11-30-18)14-26-21(28)23(25-22(26)29)10-4-3-6-15-5-1-2-7-17(15)23/h1-2,5,7-9,13H,3-4,6,10-12,14H2,(H,24,27)(H,25,29). The first kappa shape index (κ1) is 19.4. The molecule has 2 aliphatic heterocycles. The third-order valence-electron chi connectivity index (χ3n) is 6.03. The van der Waals surface area contributed by atoms with Gasteiger partial charge in [-0.1, -0.05) is 24.3 Å². The molecule has 1 spiro atoms. The van der Waals surface area contributed by atoms with Gasteiger partial charge in [0.15, 0.2) is 11.5 Å². The number of amides is 4. The third-order valence-corrected chi connectivity index (χ3v) is 6.03. The Morgan fingerprint density at radius 1 is 1.06 bits per heavy atom. The molecule has 2 aromatic carbocycles. The molecule has 5 rings (SSSR count). The second kappa shape index (κ2) is 7.61. The number of anilines is 1. The van der Waals surface area contributed by atoms with Crippen molar-refractivity contribution in [1.82, 2.24) is 10.2 Å². The van der Waals surface area contributed by atoms with E-state index in [-0.39, 0.29) is 12.5 Å². The maximum absolute atomic E-state index is 13.4. The van der Waals surface area contributed by atoms with Crippen molar-refractivity contribution in [3.8, 4) is 11.5 Å². The molecule has 2 aromatic rings. The smallest absolute Gasteiger partial charge is 0.325 e. The number of aryl methyl sites for hydroxylation is 1. The number of ether oxygens (including phenoxy) is 2. The van der Waals surface area contributed by atoms with E-state index in [0.717, 1.165) is 35.3 Å². The van der Waals surface area contributed by atoms with Crippen molar-refractivity contribution in [2.75, 3.05) is 25.1 Å². The molecule has 4 amide bonds. The summed E-state index contributed by atoms with van der Waals surface area (Å²) < 4.78 is 11.0. The van der Waals surface area contributed by atoms with E-state index < -0.39 is 17.5 Å². The Bertz CT molecular complexity index is 1070. The highest BCUT2D eigenvalue weighted by molar-refractivity contribution is 6.10. The van der Waals surface area contributed by atoms with Crippen LogP contribution in [0.2, 0.25) is 0 Å². The summed E-state index contributed by atoms with van der Waals surface area (Å²) in [5.41, 5.74) is 1.31. The molecular formula is C23H23N3O5. The fraction of sp³-hybridized carbons (Fsp3) is 0.348. The van der Waals surface area contributed by atoms with Gasteiger partial charge in [0, 0.05) is 11.8 Å². The van der Waals surface area contributed by atoms with E-state index in [1.807, 2.05) is 24.3 Å². The Morgan fingerprint density at radius 2 is 1.87 bits per heavy atom. The van der Waals surface area contributed by atoms with E-state index in [2.05, 4.69) is 10.6 Å². The normalized spacial score (nSPS) is 22.0. The molecule has 160 valence electrons. The number of carbonyl (C=O) groups is 3. The van der Waals surface area contributed by atoms with E-state index in [1.54, 1.807) is 18.2 Å². The van der Waals surface area contributed by atoms with Gasteiger partial charge in [0.1, 0.15) is 25.3 Å². The highest BCUT2D eigenvalue weighted by atomic mass is 16.6. The first-order valence-electron chi connectivity index (χ1n) is 10.5. The summed E-state index contributed by atoms with van der Waals surface area (Å²) >= 11 is 0. The maximum Gasteiger partial charge on any atom is 0.325 e. The van der Waals surface area contributed by atoms with Crippen molar-refractivity contribution in [3.63, 3.8) is 0 Å². The topological polar surface area (TPSA) is 97.0 Å². The lowest BCUT2D eigenvalue weighted by atomic mass is 9.84. The van der Waals surface area contributed by atoms with Crippen LogP contribution in [0.15, 0.2) is 42.5 Å². The molecule has 8 nitrogen and oxygen atoms in total. The molecule has 0 saturated carbocycles. The molecule has 0 bridgehead atoms. The average molecular weight is 421 g/mol. The molecule has 1 aliphatic carbocycles. The summed E-state index contributed by atoms with van der Waals surface area (Å²) in [6, 6.07) is 12.3. The first-order valence-corrected chi connectivity index (χ1v) is 10.5. The van der Waals surface area contributed by atoms with Crippen LogP contribution in [0.3, 0.4) is 0 Å². The van der Waals surface area contributed by atoms with Gasteiger partial charge in [-0.15, -0.1) is 0 Å². The predicted octanol–water partition coefficient (Wildman–Crippen LogP) is 2.57. The molecule has 2 N–H and O–H groups in total. The van der Waals surface area contributed by atoms with Crippen LogP contribution in [0.5, 0.6) is 11.5 Å². The van der Waals surface area contributed by atoms with Crippen molar-refractivity contribution >= 4 is 23.5 Å². The summed E-state index contributed by atoms with van der Waals surface area (Å²) in [7, 11) is 0. The van der Waals surface area contributed by atoms with Crippen molar-refractivity contribution in [2.24, 2.45) is 0 Å². The molecule has 8 heteroatoms. The molecule has 1 fully saturated rings. The molecule has 2 heterocycles. The lowest BCUT2D eigenvalue weighted by Crippen LogP contribution is -2.44. The SMILES string of the molecule is O=C(CN1C(=O)NC2(CCCCc3ccccc32)C1=O)Nc1ccc2c(c1)OCCO2. The molecule has 1 saturated heterocycles. The number of nitrogens with zero attached hydrogens (tertiary/aromatic N) is 1. The van der Waals surface area contributed by atoms with Crippen molar-refractivity contribution in [1.29, 1.82) is 0 Å². The number of nitrogens with one attached hydrogen (secondary N) is 2. The fourth-order valence-corrected chi connectivity index (χ4v) is 4.58. The quantitative estimate of drug-likeness (QED) is 0.743. The van der Waals surface area contributed by atoms with Crippen LogP contribution in [0.25, 0.3) is 0 Å². The second-order valence-electron chi connectivity index (χ2n) is 8.00. The summed E-state index contributed by atoms with van der Waals surface area (Å²) in [5.74, 6) is 0.337. The number of carbonyl (C=O) groups excluding carboxylic acids is 3. The Labute approximate surface area is 179 Å². The van der Waals surface area contributed by atoms with Crippen LogP contribution in [-0.2, 0) is 21.5 Å². The van der Waals surface area contributed by atoms with Gasteiger partial charge in [-0.05, 0) is 48.9 Å². The third kappa shape index (κ3) is 3.37. The van der Waals surface area contributed by atoms with Crippen molar-refractivity contribution in [2.45, 2.75) is 31.2 Å². The number of fused-ring (bicyclic) bond motifs is 3. The molecule has 0 aromatic heterocycles. The fourth-order valence-electron chi connectivity index (χ4n) is 4.58. The molecule has 1 unspecified atom stereocenters. The van der Waals surface area contributed by atoms with Gasteiger partial charge >= 0.3 is 6.03 Å². The van der Waals surface area contributed by atoms with Crippen LogP contribution in [-0.4, -0.2) is 42.5 Å². The van der Waals surface area contributed by atoms with Gasteiger partial charge in [-0.2, -0.15) is 0 Å². The number of urea groups is 1. The summed E-state index contributed by atoms with van der Waals surface area (Å²) in [4.78, 5) is 39.8. The van der Waals surface area contributed by atoms with Gasteiger partial charge in [-0.25, -0.2) is 4.79 Å². The Morgan fingerprint density at radius 3 is 2.74 bits per heavy atom. The van der Waals surface area contributed by atoms with E-state index in [0.29, 0.717) is 36.8 Å². The van der Waals surface area contributed by atoms with Gasteiger partial charge in [0.25, 0.3) is 5.91 Å². The lowest BCUT2D eigenvalue weighted by molar-refractivity contribution is -0.134. The molecule has 0 radical (unpaired) electrons. The minimum atomic E-state index is -1.10. The van der Waals surface area contributed by atoms with Gasteiger partial charge in [-0.3, -0.25) is 14.5 Å². The van der Waals surface area contributed by atoms with Crippen LogP contribution in [0.1, 0.15) is 30.4 Å². The lowest BCUT2D eigenvalue weighted by Gasteiger charge is -2.27. The summed E-state index contributed by atoms with van der Waals surface area (Å²) in [6.07, 6.45) is 3.16. The second-order valence-corrected chi connectivity index (χ2v) is 8.00. The summed E-state index contributed by atoms with van der Waals surface area (Å²) in [6.45, 7) is 0.565. The number of imide groups is 1. The van der Waals surface area contributed by atoms with Crippen molar-refractivity contribution in [3.05, 3.63) is 53.6 Å². The number of rotatable bonds is 3. The van der Waals surface area contributed by atoms with Gasteiger partial charge in [0.2, 0.25) is 5.91 Å². The zero-order valence-electron chi connectivity index (χ0n) is 17.0. The monoisotopic (exact) mass is 421 g/mol. The number of hydrogen-bond donors (Lipinski definition) is 2. The van der Waals surface area contributed by atoms with Crippen molar-refractivity contribution < 1.29 is 23.9 Å². The summed E-state index contributed by atoms with van der Waals surface area (Å²) in [5, 5.41) is 5.63. The van der Waals surface area contributed by atoms with E-state index in [1.165, 1.54) is 0 Å². The van der Waals surface area contributed by atoms with Gasteiger partial charge in [0.05, 0.1) is 0 Å². The van der Waals surface area contributed by atoms with Crippen LogP contribution >= 0.6 is 0 Å². The van der Waals surface area contributed by atoms with Crippen LogP contribution in [0, 0.1) is 0 Å². The van der Waals surface area contributed by atoms with Crippen LogP contribution in [0.4, 0.5) is 10.5 Å². The predicted molar refractivity (Wildman–Crippen MR) is 112 cm³/mol. The maximum atomic E-state index is 13.4. The number of benzene rings is 2. The zero-order valence-corrected chi connectivity index (χ0v) is 17.0. The molecular weight excluding hydrogens is 398 g/mol. The molecule has 1 atom stereocenters. The Balaban J connectivity index is 1.34. The van der Waals surface area contributed by atoms with Crippen LogP contribution < -0.4 is 20.1 Å². The van der Waals surface area contributed by atoms with E-state index >= 15 is 0 Å². The largest absolute Gasteiger partial charge is 0.486 e. The zero-order chi connectivity index (χ0) is 21.4. The average Bonchev–Trinajstić information content (AvgIpc) is 2.91.